The number of amides is 1. The average molecular weight is 302 g/mol. The number of aliphatic hydroxyl groups is 1. The third kappa shape index (κ3) is 3.03. The minimum Gasteiger partial charge on any atom is -0.503 e. The van der Waals surface area contributed by atoms with Crippen molar-refractivity contribution in [1.82, 2.24) is 9.88 Å². The van der Waals surface area contributed by atoms with Crippen molar-refractivity contribution in [2.24, 2.45) is 5.92 Å². The van der Waals surface area contributed by atoms with E-state index in [0.717, 1.165) is 6.42 Å². The van der Waals surface area contributed by atoms with E-state index in [-0.39, 0.29) is 17.3 Å². The van der Waals surface area contributed by atoms with Crippen LogP contribution in [-0.2, 0) is 9.59 Å². The second-order valence-corrected chi connectivity index (χ2v) is 5.94. The molecule has 22 heavy (non-hydrogen) atoms. The minimum absolute atomic E-state index is 0.160. The van der Waals surface area contributed by atoms with Gasteiger partial charge in [-0.15, -0.1) is 0 Å². The third-order valence-corrected chi connectivity index (χ3v) is 3.63. The Bertz CT molecular complexity index is 593. The first-order chi connectivity index (χ1) is 10.5. The quantitative estimate of drug-likeness (QED) is 0.877. The van der Waals surface area contributed by atoms with Gasteiger partial charge in [0.15, 0.2) is 11.5 Å². The van der Waals surface area contributed by atoms with Crippen molar-refractivity contribution in [2.45, 2.75) is 39.7 Å². The van der Waals surface area contributed by atoms with Gasteiger partial charge in [0.25, 0.3) is 5.91 Å². The molecule has 1 aliphatic rings. The van der Waals surface area contributed by atoms with Crippen molar-refractivity contribution >= 4 is 11.7 Å². The van der Waals surface area contributed by atoms with Gasteiger partial charge in [-0.2, -0.15) is 0 Å². The van der Waals surface area contributed by atoms with Crippen molar-refractivity contribution < 1.29 is 14.7 Å². The number of aliphatic hydroxyl groups excluding tert-OH is 1. The zero-order valence-corrected chi connectivity index (χ0v) is 13.2. The summed E-state index contributed by atoms with van der Waals surface area (Å²) in [6.07, 6.45) is 2.67. The van der Waals surface area contributed by atoms with Crippen molar-refractivity contribution in [2.75, 3.05) is 6.54 Å². The van der Waals surface area contributed by atoms with Gasteiger partial charge in [0.2, 0.25) is 0 Å². The summed E-state index contributed by atoms with van der Waals surface area (Å²) in [4.78, 5) is 30.7. The van der Waals surface area contributed by atoms with Gasteiger partial charge in [0.1, 0.15) is 6.04 Å². The van der Waals surface area contributed by atoms with Gasteiger partial charge in [0, 0.05) is 19.2 Å². The molecule has 2 rings (SSSR count). The molecule has 5 nitrogen and oxygen atoms in total. The lowest BCUT2D eigenvalue weighted by atomic mass is 9.94. The van der Waals surface area contributed by atoms with Crippen LogP contribution in [0, 0.1) is 5.92 Å². The van der Waals surface area contributed by atoms with Crippen LogP contribution in [0.4, 0.5) is 0 Å². The highest BCUT2D eigenvalue weighted by molar-refractivity contribution is 6.08. The van der Waals surface area contributed by atoms with Crippen LogP contribution in [0.25, 0.3) is 0 Å². The molecule has 1 amide bonds. The first-order valence-electron chi connectivity index (χ1n) is 7.65. The van der Waals surface area contributed by atoms with Crippen molar-refractivity contribution in [3.63, 3.8) is 0 Å². The largest absolute Gasteiger partial charge is 0.503 e. The molecule has 5 heteroatoms. The molecule has 1 aromatic rings. The van der Waals surface area contributed by atoms with Gasteiger partial charge in [0.05, 0.1) is 11.3 Å². The summed E-state index contributed by atoms with van der Waals surface area (Å²) in [6.45, 7) is 6.30. The predicted octanol–water partition coefficient (Wildman–Crippen LogP) is 2.80. The van der Waals surface area contributed by atoms with Gasteiger partial charge in [-0.1, -0.05) is 26.8 Å². The zero-order valence-electron chi connectivity index (χ0n) is 13.2. The Kier molecular flexibility index (Phi) is 4.96. The molecule has 1 N–H and O–H groups in total. The summed E-state index contributed by atoms with van der Waals surface area (Å²) < 4.78 is 0. The monoisotopic (exact) mass is 302 g/mol. The Morgan fingerprint density at radius 1 is 1.41 bits per heavy atom. The molecule has 0 aromatic carbocycles. The van der Waals surface area contributed by atoms with E-state index in [4.69, 9.17) is 0 Å². The highest BCUT2D eigenvalue weighted by Gasteiger charge is 2.43. The number of Topliss-reactive ketones (excluding diaryl/α,β-unsaturated/α-hetero) is 1. The third-order valence-electron chi connectivity index (χ3n) is 3.63. The number of carbonyl (C=O) groups is 2. The molecule has 1 unspecified atom stereocenters. The second kappa shape index (κ2) is 6.73. The summed E-state index contributed by atoms with van der Waals surface area (Å²) in [5, 5.41) is 10.2. The summed E-state index contributed by atoms with van der Waals surface area (Å²) >= 11 is 0. The number of pyridine rings is 1. The predicted molar refractivity (Wildman–Crippen MR) is 83.1 cm³/mol. The topological polar surface area (TPSA) is 70.5 Å². The Morgan fingerprint density at radius 3 is 2.68 bits per heavy atom. The van der Waals surface area contributed by atoms with Crippen LogP contribution >= 0.6 is 0 Å². The summed E-state index contributed by atoms with van der Waals surface area (Å²) in [7, 11) is 0. The smallest absolute Gasteiger partial charge is 0.290 e. The van der Waals surface area contributed by atoms with E-state index in [1.165, 1.54) is 4.90 Å². The van der Waals surface area contributed by atoms with Crippen LogP contribution in [-0.4, -0.2) is 33.2 Å². The molecule has 0 fully saturated rings. The molecule has 0 saturated heterocycles. The zero-order chi connectivity index (χ0) is 16.3. The second-order valence-electron chi connectivity index (χ2n) is 5.94. The Balaban J connectivity index is 2.46. The van der Waals surface area contributed by atoms with Crippen LogP contribution in [0.3, 0.4) is 0 Å². The molecule has 1 aliphatic heterocycles. The number of rotatable bonds is 6. The number of hydrogen-bond donors (Lipinski definition) is 1. The highest BCUT2D eigenvalue weighted by Crippen LogP contribution is 2.37. The lowest BCUT2D eigenvalue weighted by Crippen LogP contribution is -2.32. The Morgan fingerprint density at radius 2 is 2.14 bits per heavy atom. The van der Waals surface area contributed by atoms with Gasteiger partial charge in [-0.3, -0.25) is 14.6 Å². The van der Waals surface area contributed by atoms with Crippen LogP contribution in [0.2, 0.25) is 0 Å². The minimum atomic E-state index is -0.583. The fourth-order valence-corrected chi connectivity index (χ4v) is 2.74. The van der Waals surface area contributed by atoms with Crippen LogP contribution in [0.1, 0.15) is 45.3 Å². The van der Waals surface area contributed by atoms with Crippen molar-refractivity contribution in [1.29, 1.82) is 0 Å². The maximum Gasteiger partial charge on any atom is 0.290 e. The van der Waals surface area contributed by atoms with E-state index >= 15 is 0 Å². The van der Waals surface area contributed by atoms with Gasteiger partial charge < -0.3 is 10.0 Å². The van der Waals surface area contributed by atoms with E-state index in [1.807, 2.05) is 26.8 Å². The maximum absolute atomic E-state index is 12.5. The Hall–Kier alpha value is -2.17. The number of nitrogens with zero attached hydrogens (tertiary/aromatic N) is 2. The molecule has 0 aliphatic carbocycles. The van der Waals surface area contributed by atoms with Crippen LogP contribution in [0.15, 0.2) is 35.7 Å². The molecule has 1 atom stereocenters. The highest BCUT2D eigenvalue weighted by atomic mass is 16.3. The SMILES string of the molecule is CCCN1C(=O)C(O)=C(C(=O)CC(C)C)C1c1ccccn1. The number of ketones is 1. The first-order valence-corrected chi connectivity index (χ1v) is 7.65. The molecule has 0 radical (unpaired) electrons. The summed E-state index contributed by atoms with van der Waals surface area (Å²) in [5.74, 6) is -0.929. The van der Waals surface area contributed by atoms with Crippen LogP contribution < -0.4 is 0 Å². The van der Waals surface area contributed by atoms with E-state index < -0.39 is 17.7 Å². The van der Waals surface area contributed by atoms with Crippen LogP contribution in [0.5, 0.6) is 0 Å². The average Bonchev–Trinajstić information content (AvgIpc) is 2.73. The van der Waals surface area contributed by atoms with E-state index in [9.17, 15) is 14.7 Å². The molecule has 0 saturated carbocycles. The molecule has 0 spiro atoms. The van der Waals surface area contributed by atoms with Gasteiger partial charge in [-0.25, -0.2) is 0 Å². The molecule has 1 aromatic heterocycles. The normalized spacial score (nSPS) is 18.5. The van der Waals surface area contributed by atoms with E-state index in [0.29, 0.717) is 18.7 Å². The fraction of sp³-hybridized carbons (Fsp3) is 0.471. The lowest BCUT2D eigenvalue weighted by Gasteiger charge is -2.25. The lowest BCUT2D eigenvalue weighted by molar-refractivity contribution is -0.129. The van der Waals surface area contributed by atoms with E-state index in [1.54, 1.807) is 18.3 Å². The molecule has 118 valence electrons. The van der Waals surface area contributed by atoms with Crippen molar-refractivity contribution in [3.05, 3.63) is 41.4 Å². The molecular weight excluding hydrogens is 280 g/mol. The number of aromatic nitrogens is 1. The number of hydrogen-bond acceptors (Lipinski definition) is 4. The fourth-order valence-electron chi connectivity index (χ4n) is 2.74. The molecular formula is C17H22N2O3. The molecule has 2 heterocycles. The summed E-state index contributed by atoms with van der Waals surface area (Å²) in [5.41, 5.74) is 0.798. The standard InChI is InChI=1S/C17H22N2O3/c1-4-9-19-15(12-7-5-6-8-18-12)14(16(21)17(19)22)13(20)10-11(2)3/h5-8,11,15,21H,4,9-10H2,1-3H3. The van der Waals surface area contributed by atoms with Gasteiger partial charge in [-0.05, 0) is 24.5 Å². The maximum atomic E-state index is 12.5. The molecule has 0 bridgehead atoms. The Labute approximate surface area is 130 Å². The van der Waals surface area contributed by atoms with Crippen molar-refractivity contribution in [3.8, 4) is 0 Å². The first kappa shape index (κ1) is 16.2. The number of carbonyl (C=O) groups excluding carboxylic acids is 2. The summed E-state index contributed by atoms with van der Waals surface area (Å²) in [6, 6.07) is 4.79. The van der Waals surface area contributed by atoms with Gasteiger partial charge >= 0.3 is 0 Å². The van der Waals surface area contributed by atoms with E-state index in [2.05, 4.69) is 4.98 Å².